The Labute approximate surface area is 133 Å². The molecular formula is C16H17ClN2O3. The fourth-order valence-corrected chi connectivity index (χ4v) is 2.22. The third-order valence-electron chi connectivity index (χ3n) is 3.31. The van der Waals surface area contributed by atoms with Gasteiger partial charge in [0, 0.05) is 16.6 Å². The van der Waals surface area contributed by atoms with Crippen LogP contribution in [-0.2, 0) is 0 Å². The lowest BCUT2D eigenvalue weighted by Gasteiger charge is -2.18. The van der Waals surface area contributed by atoms with Gasteiger partial charge in [-0.2, -0.15) is 0 Å². The summed E-state index contributed by atoms with van der Waals surface area (Å²) >= 11 is 5.89. The van der Waals surface area contributed by atoms with Gasteiger partial charge in [0.15, 0.2) is 0 Å². The lowest BCUT2D eigenvalue weighted by atomic mass is 10.1. The average molecular weight is 321 g/mol. The number of anilines is 1. The average Bonchev–Trinajstić information content (AvgIpc) is 2.54. The predicted molar refractivity (Wildman–Crippen MR) is 85.7 cm³/mol. The minimum atomic E-state index is -0.579. The van der Waals surface area contributed by atoms with Crippen molar-refractivity contribution >= 4 is 23.2 Å². The highest BCUT2D eigenvalue weighted by Gasteiger charge is 2.12. The van der Waals surface area contributed by atoms with Gasteiger partial charge in [-0.05, 0) is 42.8 Å². The van der Waals surface area contributed by atoms with Gasteiger partial charge in [0.2, 0.25) is 0 Å². The van der Waals surface area contributed by atoms with Crippen LogP contribution in [0.1, 0.15) is 28.9 Å². The monoisotopic (exact) mass is 320 g/mol. The van der Waals surface area contributed by atoms with Crippen molar-refractivity contribution in [3.63, 3.8) is 0 Å². The highest BCUT2D eigenvalue weighted by molar-refractivity contribution is 6.30. The van der Waals surface area contributed by atoms with Gasteiger partial charge in [0.25, 0.3) is 5.91 Å². The van der Waals surface area contributed by atoms with Gasteiger partial charge < -0.3 is 10.1 Å². The third kappa shape index (κ3) is 3.69. The van der Waals surface area contributed by atoms with E-state index in [9.17, 15) is 4.79 Å². The maximum absolute atomic E-state index is 11.5. The van der Waals surface area contributed by atoms with Gasteiger partial charge >= 0.3 is 0 Å². The molecule has 0 saturated heterocycles. The molecule has 2 aromatic rings. The summed E-state index contributed by atoms with van der Waals surface area (Å²) in [5.41, 5.74) is 3.65. The summed E-state index contributed by atoms with van der Waals surface area (Å²) in [5, 5.41) is 12.7. The van der Waals surface area contributed by atoms with Crippen molar-refractivity contribution in [2.24, 2.45) is 0 Å². The molecule has 0 aliphatic rings. The van der Waals surface area contributed by atoms with Crippen LogP contribution in [0.15, 0.2) is 42.5 Å². The molecule has 3 N–H and O–H groups in total. The zero-order valence-corrected chi connectivity index (χ0v) is 13.0. The molecule has 22 heavy (non-hydrogen) atoms. The molecule has 0 fully saturated rings. The molecule has 0 saturated carbocycles. The first kappa shape index (κ1) is 16.1. The molecule has 0 spiro atoms. The van der Waals surface area contributed by atoms with Crippen LogP contribution in [0.3, 0.4) is 0 Å². The molecule has 0 heterocycles. The number of ether oxygens (including phenoxy) is 1. The lowest BCUT2D eigenvalue weighted by Crippen LogP contribution is -2.19. The number of hydrogen-bond acceptors (Lipinski definition) is 4. The van der Waals surface area contributed by atoms with Crippen molar-refractivity contribution in [1.29, 1.82) is 0 Å². The summed E-state index contributed by atoms with van der Waals surface area (Å²) in [6, 6.07) is 12.3. The van der Waals surface area contributed by atoms with Gasteiger partial charge in [-0.15, -0.1) is 0 Å². The smallest absolute Gasteiger partial charge is 0.274 e. The number of amides is 1. The van der Waals surface area contributed by atoms with Crippen LogP contribution in [-0.4, -0.2) is 18.2 Å². The summed E-state index contributed by atoms with van der Waals surface area (Å²) in [6.45, 7) is 1.99. The fraction of sp³-hybridized carbons (Fsp3) is 0.188. The summed E-state index contributed by atoms with van der Waals surface area (Å²) in [7, 11) is 1.55. The van der Waals surface area contributed by atoms with Gasteiger partial charge in [-0.25, -0.2) is 5.48 Å². The Morgan fingerprint density at radius 3 is 2.50 bits per heavy atom. The quantitative estimate of drug-likeness (QED) is 0.581. The molecule has 2 rings (SSSR count). The molecule has 0 aliphatic carbocycles. The Bertz CT molecular complexity index is 659. The molecule has 2 aromatic carbocycles. The fourth-order valence-electron chi connectivity index (χ4n) is 2.09. The molecule has 0 aromatic heterocycles. The van der Waals surface area contributed by atoms with E-state index in [1.165, 1.54) is 0 Å². The van der Waals surface area contributed by atoms with Gasteiger partial charge in [-0.1, -0.05) is 23.7 Å². The number of hydrogen-bond donors (Lipinski definition) is 3. The number of carbonyl (C=O) groups is 1. The Morgan fingerprint density at radius 1 is 1.23 bits per heavy atom. The van der Waals surface area contributed by atoms with E-state index in [4.69, 9.17) is 21.5 Å². The molecule has 0 aliphatic heterocycles. The van der Waals surface area contributed by atoms with E-state index in [1.54, 1.807) is 30.8 Å². The molecule has 6 heteroatoms. The normalized spacial score (nSPS) is 11.6. The molecule has 116 valence electrons. The summed E-state index contributed by atoms with van der Waals surface area (Å²) < 4.78 is 5.29. The minimum Gasteiger partial charge on any atom is -0.495 e. The van der Waals surface area contributed by atoms with Crippen molar-refractivity contribution in [2.45, 2.75) is 13.0 Å². The standard InChI is InChI=1S/C16H17ClN2O3/c1-10(11-3-6-13(17)7-4-11)18-14-9-12(16(20)19-21)5-8-15(14)22-2/h3-10,18,21H,1-2H3,(H,19,20). The first-order chi connectivity index (χ1) is 10.5. The number of benzene rings is 2. The number of hydroxylamine groups is 1. The van der Waals surface area contributed by atoms with Crippen molar-refractivity contribution < 1.29 is 14.7 Å². The topological polar surface area (TPSA) is 70.6 Å². The Hall–Kier alpha value is -2.24. The first-order valence-electron chi connectivity index (χ1n) is 6.69. The maximum Gasteiger partial charge on any atom is 0.274 e. The van der Waals surface area contributed by atoms with Crippen LogP contribution in [0.2, 0.25) is 5.02 Å². The largest absolute Gasteiger partial charge is 0.495 e. The van der Waals surface area contributed by atoms with Crippen molar-refractivity contribution in [3.05, 3.63) is 58.6 Å². The van der Waals surface area contributed by atoms with Gasteiger partial charge in [0.1, 0.15) is 5.75 Å². The Morgan fingerprint density at radius 2 is 1.91 bits per heavy atom. The third-order valence-corrected chi connectivity index (χ3v) is 3.56. The number of carbonyl (C=O) groups excluding carboxylic acids is 1. The highest BCUT2D eigenvalue weighted by atomic mass is 35.5. The molecular weight excluding hydrogens is 304 g/mol. The number of halogens is 1. The van der Waals surface area contributed by atoms with Crippen molar-refractivity contribution in [1.82, 2.24) is 5.48 Å². The van der Waals surface area contributed by atoms with Crippen LogP contribution in [0.25, 0.3) is 0 Å². The van der Waals surface area contributed by atoms with E-state index < -0.39 is 5.91 Å². The highest BCUT2D eigenvalue weighted by Crippen LogP contribution is 2.29. The molecule has 1 amide bonds. The molecule has 1 atom stereocenters. The molecule has 5 nitrogen and oxygen atoms in total. The Balaban J connectivity index is 2.26. The van der Waals surface area contributed by atoms with E-state index in [2.05, 4.69) is 5.32 Å². The number of methoxy groups -OCH3 is 1. The summed E-state index contributed by atoms with van der Waals surface area (Å²) in [6.07, 6.45) is 0. The van der Waals surface area contributed by atoms with Crippen LogP contribution in [0.4, 0.5) is 5.69 Å². The number of nitrogens with one attached hydrogen (secondary N) is 2. The van der Waals surface area contributed by atoms with E-state index in [1.807, 2.05) is 31.2 Å². The van der Waals surface area contributed by atoms with E-state index in [0.717, 1.165) is 5.56 Å². The predicted octanol–water partition coefficient (Wildman–Crippen LogP) is 3.64. The zero-order valence-electron chi connectivity index (χ0n) is 12.3. The second kappa shape index (κ2) is 7.15. The van der Waals surface area contributed by atoms with Crippen LogP contribution in [0, 0.1) is 0 Å². The first-order valence-corrected chi connectivity index (χ1v) is 7.07. The SMILES string of the molecule is COc1ccc(C(=O)NO)cc1NC(C)c1ccc(Cl)cc1. The van der Waals surface area contributed by atoms with E-state index in [0.29, 0.717) is 22.0 Å². The van der Waals surface area contributed by atoms with Crippen LogP contribution >= 0.6 is 11.6 Å². The molecule has 0 bridgehead atoms. The minimum absolute atomic E-state index is 0.0152. The van der Waals surface area contributed by atoms with Crippen LogP contribution < -0.4 is 15.5 Å². The zero-order chi connectivity index (χ0) is 16.1. The van der Waals surface area contributed by atoms with E-state index >= 15 is 0 Å². The lowest BCUT2D eigenvalue weighted by molar-refractivity contribution is 0.0706. The maximum atomic E-state index is 11.5. The second-order valence-corrected chi connectivity index (χ2v) is 5.21. The van der Waals surface area contributed by atoms with E-state index in [-0.39, 0.29) is 6.04 Å². The molecule has 1 unspecified atom stereocenters. The van der Waals surface area contributed by atoms with Crippen molar-refractivity contribution in [2.75, 3.05) is 12.4 Å². The summed E-state index contributed by atoms with van der Waals surface area (Å²) in [4.78, 5) is 11.5. The Kier molecular flexibility index (Phi) is 5.25. The molecule has 0 radical (unpaired) electrons. The second-order valence-electron chi connectivity index (χ2n) is 4.77. The van der Waals surface area contributed by atoms with Gasteiger partial charge in [-0.3, -0.25) is 10.0 Å². The summed E-state index contributed by atoms with van der Waals surface area (Å²) in [5.74, 6) is 0.0279. The van der Waals surface area contributed by atoms with Crippen LogP contribution in [0.5, 0.6) is 5.75 Å². The van der Waals surface area contributed by atoms with Gasteiger partial charge in [0.05, 0.1) is 12.8 Å². The van der Waals surface area contributed by atoms with Crippen molar-refractivity contribution in [3.8, 4) is 5.75 Å². The number of rotatable bonds is 5.